The highest BCUT2D eigenvalue weighted by molar-refractivity contribution is 6.46. The van der Waals surface area contributed by atoms with E-state index in [-0.39, 0.29) is 24.5 Å². The van der Waals surface area contributed by atoms with Gasteiger partial charge >= 0.3 is 0 Å². The van der Waals surface area contributed by atoms with E-state index in [9.17, 15) is 14.7 Å². The first-order chi connectivity index (χ1) is 15.0. The molecule has 0 radical (unpaired) electrons. The molecule has 3 rings (SSSR count). The summed E-state index contributed by atoms with van der Waals surface area (Å²) in [6.07, 6.45) is 0.660. The van der Waals surface area contributed by atoms with Crippen LogP contribution in [-0.4, -0.2) is 53.2 Å². The van der Waals surface area contributed by atoms with Crippen molar-refractivity contribution in [3.8, 4) is 11.5 Å². The van der Waals surface area contributed by atoms with Gasteiger partial charge in [0.2, 0.25) is 0 Å². The molecule has 0 saturated carbocycles. The van der Waals surface area contributed by atoms with Crippen LogP contribution in [0.15, 0.2) is 54.1 Å². The highest BCUT2D eigenvalue weighted by Gasteiger charge is 2.45. The van der Waals surface area contributed by atoms with E-state index < -0.39 is 17.7 Å². The number of rotatable bonds is 9. The van der Waals surface area contributed by atoms with Crippen molar-refractivity contribution < 1.29 is 29.3 Å². The molecular weight excluding hydrogens is 398 g/mol. The summed E-state index contributed by atoms with van der Waals surface area (Å²) in [5.41, 5.74) is 1.12. The normalized spacial score (nSPS) is 17.8. The highest BCUT2D eigenvalue weighted by Crippen LogP contribution is 2.40. The molecule has 0 spiro atoms. The van der Waals surface area contributed by atoms with E-state index in [2.05, 4.69) is 0 Å². The third-order valence-corrected chi connectivity index (χ3v) is 4.98. The number of nitrogens with zero attached hydrogens (tertiary/aromatic N) is 1. The number of Topliss-reactive ketones (excluding diaryl/α,β-unsaturated/α-hetero) is 1. The second-order valence-corrected chi connectivity index (χ2v) is 7.09. The molecule has 1 amide bonds. The first kappa shape index (κ1) is 22.4. The molecule has 2 aromatic rings. The third-order valence-electron chi connectivity index (χ3n) is 4.98. The fraction of sp³-hybridized carbons (Fsp3) is 0.333. The number of hydrogen-bond acceptors (Lipinski definition) is 6. The molecule has 1 fully saturated rings. The monoisotopic (exact) mass is 425 g/mol. The molecule has 164 valence electrons. The van der Waals surface area contributed by atoms with Crippen LogP contribution in [0.4, 0.5) is 0 Å². The molecule has 1 saturated heterocycles. The Kier molecular flexibility index (Phi) is 7.31. The Bertz CT molecular complexity index is 966. The molecule has 1 aliphatic heterocycles. The molecule has 7 heteroatoms. The predicted octanol–water partition coefficient (Wildman–Crippen LogP) is 3.29. The van der Waals surface area contributed by atoms with E-state index in [1.165, 1.54) is 4.90 Å². The van der Waals surface area contributed by atoms with Gasteiger partial charge in [-0.15, -0.1) is 0 Å². The number of ether oxygens (including phenoxy) is 2. The fourth-order valence-corrected chi connectivity index (χ4v) is 3.67. The minimum atomic E-state index is -0.732. The number of likely N-dealkylation sites (tertiary alicyclic amines) is 1. The zero-order valence-corrected chi connectivity index (χ0v) is 17.7. The van der Waals surface area contributed by atoms with Gasteiger partial charge in [0.15, 0.2) is 0 Å². The maximum absolute atomic E-state index is 12.9. The lowest BCUT2D eigenvalue weighted by Gasteiger charge is -2.25. The molecule has 0 aliphatic carbocycles. The SMILES string of the molecule is CCCN1C(=O)C(=O)/C(=C(\O)c2ccc(OCC)cc2)C1c1cccc(OCCO)c1. The number of benzene rings is 2. The average molecular weight is 425 g/mol. The van der Waals surface area contributed by atoms with Crippen molar-refractivity contribution in [2.24, 2.45) is 0 Å². The van der Waals surface area contributed by atoms with Gasteiger partial charge < -0.3 is 24.6 Å². The summed E-state index contributed by atoms with van der Waals surface area (Å²) in [6.45, 7) is 4.69. The Morgan fingerprint density at radius 2 is 1.77 bits per heavy atom. The number of carbonyl (C=O) groups is 2. The van der Waals surface area contributed by atoms with Crippen molar-refractivity contribution in [1.82, 2.24) is 4.90 Å². The standard InChI is InChI=1S/C24H27NO6/c1-3-12-25-21(17-6-5-7-19(15-17)31-14-13-26)20(23(28)24(25)29)22(27)16-8-10-18(11-9-16)30-4-2/h5-11,15,21,26-27H,3-4,12-14H2,1-2H3/b22-20-. The topological polar surface area (TPSA) is 96.3 Å². The predicted molar refractivity (Wildman–Crippen MR) is 116 cm³/mol. The Hall–Kier alpha value is -3.32. The lowest BCUT2D eigenvalue weighted by molar-refractivity contribution is -0.139. The van der Waals surface area contributed by atoms with Crippen LogP contribution in [0.2, 0.25) is 0 Å². The third kappa shape index (κ3) is 4.72. The van der Waals surface area contributed by atoms with Gasteiger partial charge in [-0.1, -0.05) is 19.1 Å². The summed E-state index contributed by atoms with van der Waals surface area (Å²) < 4.78 is 10.9. The first-order valence-electron chi connectivity index (χ1n) is 10.4. The Balaban J connectivity index is 2.08. The lowest BCUT2D eigenvalue weighted by atomic mass is 9.95. The molecular formula is C24H27NO6. The van der Waals surface area contributed by atoms with Crippen LogP contribution in [0, 0.1) is 0 Å². The van der Waals surface area contributed by atoms with Crippen molar-refractivity contribution in [1.29, 1.82) is 0 Å². The van der Waals surface area contributed by atoms with Crippen LogP contribution >= 0.6 is 0 Å². The minimum absolute atomic E-state index is 0.0434. The fourth-order valence-electron chi connectivity index (χ4n) is 3.67. The Morgan fingerprint density at radius 1 is 1.03 bits per heavy atom. The number of amides is 1. The van der Waals surface area contributed by atoms with Crippen molar-refractivity contribution in [3.63, 3.8) is 0 Å². The number of carbonyl (C=O) groups excluding carboxylic acids is 2. The molecule has 1 aliphatic rings. The highest BCUT2D eigenvalue weighted by atomic mass is 16.5. The maximum Gasteiger partial charge on any atom is 0.295 e. The summed E-state index contributed by atoms with van der Waals surface area (Å²) in [5, 5.41) is 20.0. The number of ketones is 1. The van der Waals surface area contributed by atoms with Crippen molar-refractivity contribution in [3.05, 3.63) is 65.2 Å². The smallest absolute Gasteiger partial charge is 0.295 e. The van der Waals surface area contributed by atoms with Crippen LogP contribution in [0.25, 0.3) is 5.76 Å². The lowest BCUT2D eigenvalue weighted by Crippen LogP contribution is -2.30. The number of aliphatic hydroxyl groups is 2. The van der Waals surface area contributed by atoms with Gasteiger partial charge in [-0.2, -0.15) is 0 Å². The second kappa shape index (κ2) is 10.1. The number of hydrogen-bond donors (Lipinski definition) is 2. The van der Waals surface area contributed by atoms with E-state index in [0.29, 0.717) is 42.2 Å². The molecule has 1 atom stereocenters. The van der Waals surface area contributed by atoms with Crippen LogP contribution in [0.5, 0.6) is 11.5 Å². The van der Waals surface area contributed by atoms with Crippen molar-refractivity contribution in [2.45, 2.75) is 26.3 Å². The van der Waals surface area contributed by atoms with E-state index >= 15 is 0 Å². The van der Waals surface area contributed by atoms with E-state index in [1.54, 1.807) is 48.5 Å². The summed E-state index contributed by atoms with van der Waals surface area (Å²) >= 11 is 0. The van der Waals surface area contributed by atoms with E-state index in [4.69, 9.17) is 14.6 Å². The van der Waals surface area contributed by atoms with E-state index in [0.717, 1.165) is 0 Å². The molecule has 0 aromatic heterocycles. The quantitative estimate of drug-likeness (QED) is 0.364. The van der Waals surface area contributed by atoms with Gasteiger partial charge in [0.25, 0.3) is 11.7 Å². The van der Waals surface area contributed by atoms with Gasteiger partial charge in [0, 0.05) is 12.1 Å². The van der Waals surface area contributed by atoms with Gasteiger partial charge in [0.1, 0.15) is 23.9 Å². The van der Waals surface area contributed by atoms with Crippen LogP contribution < -0.4 is 9.47 Å². The summed E-state index contributed by atoms with van der Waals surface area (Å²) in [5.74, 6) is -0.426. The zero-order chi connectivity index (χ0) is 22.4. The Morgan fingerprint density at radius 3 is 2.42 bits per heavy atom. The van der Waals surface area contributed by atoms with Crippen LogP contribution in [0.1, 0.15) is 37.4 Å². The van der Waals surface area contributed by atoms with Crippen LogP contribution in [0.3, 0.4) is 0 Å². The molecule has 0 bridgehead atoms. The van der Waals surface area contributed by atoms with Gasteiger partial charge in [-0.3, -0.25) is 9.59 Å². The van der Waals surface area contributed by atoms with Crippen molar-refractivity contribution in [2.75, 3.05) is 26.4 Å². The molecule has 1 unspecified atom stereocenters. The van der Waals surface area contributed by atoms with Crippen molar-refractivity contribution >= 4 is 17.4 Å². The molecule has 2 aromatic carbocycles. The first-order valence-corrected chi connectivity index (χ1v) is 10.4. The Labute approximate surface area is 181 Å². The molecule has 2 N–H and O–H groups in total. The molecule has 31 heavy (non-hydrogen) atoms. The number of aliphatic hydroxyl groups excluding tert-OH is 2. The summed E-state index contributed by atoms with van der Waals surface area (Å²) in [4.78, 5) is 27.2. The summed E-state index contributed by atoms with van der Waals surface area (Å²) in [6, 6.07) is 13.0. The van der Waals surface area contributed by atoms with Gasteiger partial charge in [0.05, 0.1) is 24.8 Å². The molecule has 7 nitrogen and oxygen atoms in total. The van der Waals surface area contributed by atoms with Gasteiger partial charge in [-0.05, 0) is 55.3 Å². The molecule has 1 heterocycles. The maximum atomic E-state index is 12.9. The zero-order valence-electron chi connectivity index (χ0n) is 17.7. The summed E-state index contributed by atoms with van der Waals surface area (Å²) in [7, 11) is 0. The van der Waals surface area contributed by atoms with Crippen LogP contribution in [-0.2, 0) is 9.59 Å². The van der Waals surface area contributed by atoms with Gasteiger partial charge in [-0.25, -0.2) is 0 Å². The average Bonchev–Trinajstić information content (AvgIpc) is 3.03. The largest absolute Gasteiger partial charge is 0.507 e. The van der Waals surface area contributed by atoms with E-state index in [1.807, 2.05) is 13.8 Å². The second-order valence-electron chi connectivity index (χ2n) is 7.09. The minimum Gasteiger partial charge on any atom is -0.507 e.